The summed E-state index contributed by atoms with van der Waals surface area (Å²) in [4.78, 5) is 26.3. The van der Waals surface area contributed by atoms with E-state index in [1.807, 2.05) is 24.3 Å². The molecule has 9 heteroatoms. The van der Waals surface area contributed by atoms with Crippen molar-refractivity contribution in [2.45, 2.75) is 20.1 Å². The zero-order valence-electron chi connectivity index (χ0n) is 15.3. The Balaban J connectivity index is 1.41. The maximum Gasteiger partial charge on any atom is 0.275 e. The van der Waals surface area contributed by atoms with E-state index in [0.717, 1.165) is 10.8 Å². The van der Waals surface area contributed by atoms with Crippen molar-refractivity contribution in [2.75, 3.05) is 7.05 Å². The van der Waals surface area contributed by atoms with Gasteiger partial charge in [0.15, 0.2) is 18.1 Å². The Morgan fingerprint density at radius 3 is 2.96 bits per heavy atom. The van der Waals surface area contributed by atoms with Crippen LogP contribution in [0.3, 0.4) is 0 Å². The van der Waals surface area contributed by atoms with E-state index < -0.39 is 0 Å². The van der Waals surface area contributed by atoms with Gasteiger partial charge in [0, 0.05) is 37.1 Å². The largest absolute Gasteiger partial charge is 0.483 e. The Hall–Kier alpha value is -3.75. The molecule has 28 heavy (non-hydrogen) atoms. The van der Waals surface area contributed by atoms with Gasteiger partial charge in [-0.25, -0.2) is 4.98 Å². The Morgan fingerprint density at radius 2 is 2.14 bits per heavy atom. The van der Waals surface area contributed by atoms with Gasteiger partial charge in [0.2, 0.25) is 11.8 Å². The molecule has 0 N–H and O–H groups in total. The number of nitrogens with zero attached hydrogens (tertiary/aromatic N) is 5. The van der Waals surface area contributed by atoms with Crippen molar-refractivity contribution in [3.63, 3.8) is 0 Å². The van der Waals surface area contributed by atoms with Crippen LogP contribution in [-0.4, -0.2) is 38.0 Å². The van der Waals surface area contributed by atoms with E-state index in [1.54, 1.807) is 26.4 Å². The first-order valence-electron chi connectivity index (χ1n) is 8.55. The number of fused-ring (bicyclic) bond motifs is 1. The number of aryl methyl sites for hydroxylation is 1. The number of carbonyl (C=O) groups is 1. The van der Waals surface area contributed by atoms with Crippen LogP contribution in [0.1, 0.15) is 28.1 Å². The van der Waals surface area contributed by atoms with E-state index in [1.165, 1.54) is 11.2 Å². The third-order valence-corrected chi connectivity index (χ3v) is 4.06. The summed E-state index contributed by atoms with van der Waals surface area (Å²) in [6, 6.07) is 7.58. The van der Waals surface area contributed by atoms with Gasteiger partial charge in [0.05, 0.1) is 6.54 Å². The lowest BCUT2D eigenvalue weighted by atomic mass is 10.1. The van der Waals surface area contributed by atoms with Gasteiger partial charge in [-0.15, -0.1) is 0 Å². The van der Waals surface area contributed by atoms with E-state index in [0.29, 0.717) is 23.4 Å². The van der Waals surface area contributed by atoms with Crippen LogP contribution in [-0.2, 0) is 13.2 Å². The summed E-state index contributed by atoms with van der Waals surface area (Å²) in [7, 11) is 1.63. The first-order valence-corrected chi connectivity index (χ1v) is 8.55. The topological polar surface area (TPSA) is 107 Å². The normalized spacial score (nSPS) is 10.9. The van der Waals surface area contributed by atoms with Crippen LogP contribution in [0.25, 0.3) is 10.8 Å². The molecule has 0 aliphatic heterocycles. The molecule has 3 aromatic heterocycles. The summed E-state index contributed by atoms with van der Waals surface area (Å²) in [6.07, 6.45) is 4.79. The number of hydrogen-bond acceptors (Lipinski definition) is 8. The van der Waals surface area contributed by atoms with Crippen LogP contribution in [0.2, 0.25) is 0 Å². The molecule has 3 heterocycles. The molecule has 1 aromatic carbocycles. The lowest BCUT2D eigenvalue weighted by Crippen LogP contribution is -2.27. The molecule has 0 bridgehead atoms. The lowest BCUT2D eigenvalue weighted by molar-refractivity contribution is 0.0774. The summed E-state index contributed by atoms with van der Waals surface area (Å²) in [5.74, 6) is 1.55. The predicted molar refractivity (Wildman–Crippen MR) is 97.4 cm³/mol. The number of benzene rings is 1. The minimum atomic E-state index is -0.311. The Labute approximate surface area is 160 Å². The minimum absolute atomic E-state index is 0.0997. The highest BCUT2D eigenvalue weighted by Crippen LogP contribution is 2.25. The molecule has 142 valence electrons. The van der Waals surface area contributed by atoms with Gasteiger partial charge < -0.3 is 18.6 Å². The molecule has 0 saturated carbocycles. The van der Waals surface area contributed by atoms with Gasteiger partial charge in [-0.05, 0) is 12.1 Å². The van der Waals surface area contributed by atoms with Crippen molar-refractivity contribution in [1.82, 2.24) is 25.0 Å². The molecule has 0 unspecified atom stereocenters. The highest BCUT2D eigenvalue weighted by Gasteiger charge is 2.19. The van der Waals surface area contributed by atoms with Crippen molar-refractivity contribution >= 4 is 16.7 Å². The van der Waals surface area contributed by atoms with Crippen LogP contribution in [0.15, 0.2) is 51.9 Å². The standard InChI is InChI=1S/C19H17N5O4/c1-12-21-17(23-28-12)9-24(2)19(25)15-10-27-18(22-15)11-26-16-5-3-4-13-8-20-7-6-14(13)16/h3-8,10H,9,11H2,1-2H3. The summed E-state index contributed by atoms with van der Waals surface area (Å²) in [5.41, 5.74) is 0.184. The Morgan fingerprint density at radius 1 is 1.25 bits per heavy atom. The maximum absolute atomic E-state index is 12.5. The second-order valence-corrected chi connectivity index (χ2v) is 6.16. The molecule has 0 aliphatic carbocycles. The lowest BCUT2D eigenvalue weighted by Gasteiger charge is -2.12. The zero-order valence-corrected chi connectivity index (χ0v) is 15.3. The SMILES string of the molecule is Cc1nc(CN(C)C(=O)c2coc(COc3cccc4cnccc34)n2)no1. The van der Waals surface area contributed by atoms with Crippen molar-refractivity contribution in [1.29, 1.82) is 0 Å². The Bertz CT molecular complexity index is 1110. The minimum Gasteiger partial charge on any atom is -0.483 e. The molecule has 4 aromatic rings. The summed E-state index contributed by atoms with van der Waals surface area (Å²) < 4.78 is 16.1. The quantitative estimate of drug-likeness (QED) is 0.503. The molecule has 0 aliphatic rings. The highest BCUT2D eigenvalue weighted by atomic mass is 16.5. The molecule has 0 spiro atoms. The molecule has 0 fully saturated rings. The molecule has 0 radical (unpaired) electrons. The number of hydrogen-bond donors (Lipinski definition) is 0. The molecule has 0 saturated heterocycles. The van der Waals surface area contributed by atoms with Crippen LogP contribution < -0.4 is 4.74 Å². The molecular weight excluding hydrogens is 362 g/mol. The number of rotatable bonds is 6. The average molecular weight is 379 g/mol. The van der Waals surface area contributed by atoms with Crippen molar-refractivity contribution in [3.05, 3.63) is 66.2 Å². The van der Waals surface area contributed by atoms with Crippen molar-refractivity contribution in [3.8, 4) is 5.75 Å². The number of pyridine rings is 1. The number of carbonyl (C=O) groups excluding carboxylic acids is 1. The van der Waals surface area contributed by atoms with Gasteiger partial charge in [0.25, 0.3) is 5.91 Å². The molecule has 4 rings (SSSR count). The molecule has 0 atom stereocenters. The number of oxazole rings is 1. The average Bonchev–Trinajstić information content (AvgIpc) is 3.34. The number of aromatic nitrogens is 4. The van der Waals surface area contributed by atoms with E-state index in [-0.39, 0.29) is 24.8 Å². The second kappa shape index (κ2) is 7.47. The molecular formula is C19H17N5O4. The molecule has 1 amide bonds. The smallest absolute Gasteiger partial charge is 0.275 e. The van der Waals surface area contributed by atoms with Crippen LogP contribution in [0.4, 0.5) is 0 Å². The fourth-order valence-corrected chi connectivity index (χ4v) is 2.72. The van der Waals surface area contributed by atoms with Crippen LogP contribution in [0.5, 0.6) is 5.75 Å². The van der Waals surface area contributed by atoms with E-state index in [9.17, 15) is 4.79 Å². The molecule has 9 nitrogen and oxygen atoms in total. The van der Waals surface area contributed by atoms with Crippen LogP contribution in [0, 0.1) is 6.92 Å². The van der Waals surface area contributed by atoms with Gasteiger partial charge >= 0.3 is 0 Å². The Kier molecular flexibility index (Phi) is 4.71. The van der Waals surface area contributed by atoms with E-state index in [2.05, 4.69) is 20.1 Å². The fraction of sp³-hybridized carbons (Fsp3) is 0.211. The van der Waals surface area contributed by atoms with Crippen molar-refractivity contribution in [2.24, 2.45) is 0 Å². The van der Waals surface area contributed by atoms with Crippen LogP contribution >= 0.6 is 0 Å². The van der Waals surface area contributed by atoms with Gasteiger partial charge in [-0.1, -0.05) is 17.3 Å². The van der Waals surface area contributed by atoms with E-state index >= 15 is 0 Å². The summed E-state index contributed by atoms with van der Waals surface area (Å²) in [5, 5.41) is 5.69. The third kappa shape index (κ3) is 3.68. The fourth-order valence-electron chi connectivity index (χ4n) is 2.72. The predicted octanol–water partition coefficient (Wildman–Crippen LogP) is 2.77. The third-order valence-electron chi connectivity index (χ3n) is 4.06. The first-order chi connectivity index (χ1) is 13.6. The maximum atomic E-state index is 12.5. The first kappa shape index (κ1) is 17.7. The van der Waals surface area contributed by atoms with Gasteiger partial charge in [-0.2, -0.15) is 4.98 Å². The van der Waals surface area contributed by atoms with E-state index in [4.69, 9.17) is 13.7 Å². The summed E-state index contributed by atoms with van der Waals surface area (Å²) >= 11 is 0. The van der Waals surface area contributed by atoms with Gasteiger partial charge in [-0.3, -0.25) is 9.78 Å². The highest BCUT2D eigenvalue weighted by molar-refractivity contribution is 5.91. The van der Waals surface area contributed by atoms with Crippen molar-refractivity contribution < 1.29 is 18.5 Å². The van der Waals surface area contributed by atoms with Gasteiger partial charge in [0.1, 0.15) is 12.0 Å². The zero-order chi connectivity index (χ0) is 19.5. The number of amides is 1. The number of ether oxygens (including phenoxy) is 1. The second-order valence-electron chi connectivity index (χ2n) is 6.16. The monoisotopic (exact) mass is 379 g/mol. The summed E-state index contributed by atoms with van der Waals surface area (Å²) in [6.45, 7) is 2.00.